The van der Waals surface area contributed by atoms with E-state index < -0.39 is 22.0 Å². The van der Waals surface area contributed by atoms with Gasteiger partial charge in [0.05, 0.1) is 20.6 Å². The van der Waals surface area contributed by atoms with Crippen molar-refractivity contribution in [2.75, 3.05) is 10.6 Å². The van der Waals surface area contributed by atoms with Gasteiger partial charge in [-0.05, 0) is 36.4 Å². The summed E-state index contributed by atoms with van der Waals surface area (Å²) in [5.74, 6) is -0.694. The van der Waals surface area contributed by atoms with Gasteiger partial charge in [-0.2, -0.15) is 0 Å². The Morgan fingerprint density at radius 3 is 2.20 bits per heavy atom. The summed E-state index contributed by atoms with van der Waals surface area (Å²) < 4.78 is 25.5. The van der Waals surface area contributed by atoms with Crippen LogP contribution in [0, 0.1) is 0 Å². The van der Waals surface area contributed by atoms with Crippen LogP contribution < -0.4 is 15.4 Å². The Morgan fingerprint density at radius 2 is 1.60 bits per heavy atom. The highest BCUT2D eigenvalue weighted by molar-refractivity contribution is 7.90. The van der Waals surface area contributed by atoms with Gasteiger partial charge in [0, 0.05) is 12.6 Å². The van der Waals surface area contributed by atoms with E-state index in [1.54, 1.807) is 18.2 Å². The number of hydrogen-bond donors (Lipinski definition) is 3. The highest BCUT2D eigenvalue weighted by Gasteiger charge is 2.15. The number of hydrogen-bond acceptors (Lipinski definition) is 4. The van der Waals surface area contributed by atoms with Gasteiger partial charge in [-0.25, -0.2) is 17.9 Å². The van der Waals surface area contributed by atoms with Crippen molar-refractivity contribution in [3.63, 3.8) is 0 Å². The number of urea groups is 1. The zero-order chi connectivity index (χ0) is 18.6. The molecule has 0 fully saturated rings. The lowest BCUT2D eigenvalue weighted by Gasteiger charge is -2.10. The van der Waals surface area contributed by atoms with Crippen molar-refractivity contribution in [1.82, 2.24) is 4.72 Å². The van der Waals surface area contributed by atoms with Crippen LogP contribution >= 0.6 is 23.2 Å². The lowest BCUT2D eigenvalue weighted by molar-refractivity contribution is -0.117. The summed E-state index contributed by atoms with van der Waals surface area (Å²) in [6, 6.07) is 9.49. The first kappa shape index (κ1) is 19.0. The molecule has 0 spiro atoms. The molecular formula is C15H13Cl2N3O4S. The summed E-state index contributed by atoms with van der Waals surface area (Å²) in [5, 5.41) is 5.55. The number of sulfonamides is 1. The van der Waals surface area contributed by atoms with Gasteiger partial charge < -0.3 is 10.6 Å². The number of benzene rings is 2. The fourth-order valence-electron chi connectivity index (χ4n) is 1.85. The molecule has 2 aromatic carbocycles. The van der Waals surface area contributed by atoms with E-state index in [0.717, 1.165) is 6.92 Å². The molecule has 0 unspecified atom stereocenters. The van der Waals surface area contributed by atoms with Crippen molar-refractivity contribution in [2.45, 2.75) is 11.8 Å². The minimum absolute atomic E-state index is 0.105. The van der Waals surface area contributed by atoms with E-state index in [4.69, 9.17) is 23.2 Å². The van der Waals surface area contributed by atoms with Gasteiger partial charge in [0.1, 0.15) is 0 Å². The normalized spacial score (nSPS) is 10.8. The summed E-state index contributed by atoms with van der Waals surface area (Å²) in [4.78, 5) is 22.8. The van der Waals surface area contributed by atoms with Crippen molar-refractivity contribution in [1.29, 1.82) is 0 Å². The maximum atomic E-state index is 12.0. The molecule has 0 aromatic heterocycles. The summed E-state index contributed by atoms with van der Waals surface area (Å²) in [6.07, 6.45) is 0. The lowest BCUT2D eigenvalue weighted by Crippen LogP contribution is -2.28. The standard InChI is InChI=1S/C15H13Cl2N3O4S/c1-9(21)20-25(23,24)11-7-5-10(6-8-11)18-15(22)19-13-4-2-3-12(16)14(13)17/h2-8H,1H3,(H,20,21)(H2,18,19,22). The van der Waals surface area contributed by atoms with E-state index in [2.05, 4.69) is 10.6 Å². The molecule has 0 aliphatic heterocycles. The molecule has 0 radical (unpaired) electrons. The molecule has 0 heterocycles. The van der Waals surface area contributed by atoms with E-state index in [9.17, 15) is 18.0 Å². The van der Waals surface area contributed by atoms with E-state index in [1.807, 2.05) is 4.72 Å². The molecule has 0 atom stereocenters. The maximum absolute atomic E-state index is 12.0. The Balaban J connectivity index is 2.07. The molecule has 2 rings (SSSR count). The molecule has 0 bridgehead atoms. The van der Waals surface area contributed by atoms with Gasteiger partial charge in [0.15, 0.2) is 0 Å². The SMILES string of the molecule is CC(=O)NS(=O)(=O)c1ccc(NC(=O)Nc2cccc(Cl)c2Cl)cc1. The van der Waals surface area contributed by atoms with Crippen LogP contribution in [-0.2, 0) is 14.8 Å². The highest BCUT2D eigenvalue weighted by atomic mass is 35.5. The molecule has 3 amide bonds. The number of rotatable bonds is 4. The van der Waals surface area contributed by atoms with Gasteiger partial charge in [0.25, 0.3) is 10.0 Å². The molecule has 0 aliphatic rings. The third-order valence-electron chi connectivity index (χ3n) is 2.90. The molecule has 132 valence electrons. The van der Waals surface area contributed by atoms with E-state index in [0.29, 0.717) is 16.4 Å². The minimum atomic E-state index is -3.92. The number of carbonyl (C=O) groups is 2. The van der Waals surface area contributed by atoms with E-state index in [1.165, 1.54) is 24.3 Å². The predicted octanol–water partition coefficient (Wildman–Crippen LogP) is 3.46. The first-order valence-electron chi connectivity index (χ1n) is 6.84. The predicted molar refractivity (Wildman–Crippen MR) is 96.5 cm³/mol. The zero-order valence-corrected chi connectivity index (χ0v) is 15.2. The average Bonchev–Trinajstić information content (AvgIpc) is 2.51. The first-order chi connectivity index (χ1) is 11.7. The Morgan fingerprint density at radius 1 is 0.960 bits per heavy atom. The molecule has 2 aromatic rings. The third-order valence-corrected chi connectivity index (χ3v) is 5.17. The molecular weight excluding hydrogens is 389 g/mol. The Kier molecular flexibility index (Phi) is 5.89. The molecule has 7 nitrogen and oxygen atoms in total. The van der Waals surface area contributed by atoms with Crippen LogP contribution in [0.3, 0.4) is 0 Å². The molecule has 0 aliphatic carbocycles. The summed E-state index contributed by atoms with van der Waals surface area (Å²) in [5.41, 5.74) is 0.675. The van der Waals surface area contributed by atoms with Crippen LogP contribution in [0.4, 0.5) is 16.2 Å². The van der Waals surface area contributed by atoms with Gasteiger partial charge in [-0.1, -0.05) is 29.3 Å². The van der Waals surface area contributed by atoms with Gasteiger partial charge in [-0.15, -0.1) is 0 Å². The monoisotopic (exact) mass is 401 g/mol. The fraction of sp³-hybridized carbons (Fsp3) is 0.0667. The number of carbonyl (C=O) groups excluding carboxylic acids is 2. The lowest BCUT2D eigenvalue weighted by atomic mass is 10.3. The van der Waals surface area contributed by atoms with Gasteiger partial charge in [-0.3, -0.25) is 4.79 Å². The Hall–Kier alpha value is -2.29. The van der Waals surface area contributed by atoms with Crippen LogP contribution in [0.5, 0.6) is 0 Å². The maximum Gasteiger partial charge on any atom is 0.323 e. The summed E-state index contributed by atoms with van der Waals surface area (Å²) in [7, 11) is -3.92. The van der Waals surface area contributed by atoms with Crippen LogP contribution in [0.1, 0.15) is 6.92 Å². The topological polar surface area (TPSA) is 104 Å². The molecule has 25 heavy (non-hydrogen) atoms. The molecule has 0 saturated carbocycles. The Labute approximate surface area is 154 Å². The number of amides is 3. The second kappa shape index (κ2) is 7.73. The molecule has 10 heteroatoms. The quantitative estimate of drug-likeness (QED) is 0.729. The molecule has 0 saturated heterocycles. The van der Waals surface area contributed by atoms with Gasteiger partial charge >= 0.3 is 6.03 Å². The minimum Gasteiger partial charge on any atom is -0.308 e. The van der Waals surface area contributed by atoms with E-state index in [-0.39, 0.29) is 9.92 Å². The second-order valence-electron chi connectivity index (χ2n) is 4.87. The molecule has 3 N–H and O–H groups in total. The van der Waals surface area contributed by atoms with Crippen molar-refractivity contribution in [2.24, 2.45) is 0 Å². The number of anilines is 2. The van der Waals surface area contributed by atoms with Crippen molar-refractivity contribution >= 4 is 56.5 Å². The van der Waals surface area contributed by atoms with Gasteiger partial charge in [0.2, 0.25) is 5.91 Å². The van der Waals surface area contributed by atoms with Crippen LogP contribution in [-0.4, -0.2) is 20.4 Å². The summed E-state index contributed by atoms with van der Waals surface area (Å²) in [6.45, 7) is 1.10. The van der Waals surface area contributed by atoms with Crippen LogP contribution in [0.15, 0.2) is 47.4 Å². The fourth-order valence-corrected chi connectivity index (χ4v) is 3.19. The smallest absolute Gasteiger partial charge is 0.308 e. The van der Waals surface area contributed by atoms with Crippen LogP contribution in [0.2, 0.25) is 10.0 Å². The van der Waals surface area contributed by atoms with Crippen LogP contribution in [0.25, 0.3) is 0 Å². The van der Waals surface area contributed by atoms with Crippen molar-refractivity contribution in [3.8, 4) is 0 Å². The summed E-state index contributed by atoms with van der Waals surface area (Å²) >= 11 is 11.8. The highest BCUT2D eigenvalue weighted by Crippen LogP contribution is 2.29. The largest absolute Gasteiger partial charge is 0.323 e. The van der Waals surface area contributed by atoms with Crippen molar-refractivity contribution < 1.29 is 18.0 Å². The second-order valence-corrected chi connectivity index (χ2v) is 7.33. The number of nitrogens with one attached hydrogen (secondary N) is 3. The first-order valence-corrected chi connectivity index (χ1v) is 9.08. The Bertz CT molecular complexity index is 915. The third kappa shape index (κ3) is 5.09. The zero-order valence-electron chi connectivity index (χ0n) is 12.8. The van der Waals surface area contributed by atoms with Crippen molar-refractivity contribution in [3.05, 3.63) is 52.5 Å². The average molecular weight is 402 g/mol. The van der Waals surface area contributed by atoms with E-state index >= 15 is 0 Å². The number of halogens is 2.